The standard InChI is InChI=1S/C34H43N4O10P/c1-7-47-49(46,48-8-2)33(17-12-10-9-11-13-17)36-21-16-22(37(3)4)19-14-18-15-20-26(38(5)6)29(41)25(32(35)44)31(43)34(20,45)30(42)23(18)28(40)24(19)27(21)39/h9-13,16,18,20,26,33,36,39-40,43,45H,7-8,14-15H2,1-6H3,(H2,35,44)/t18-,20+,26-,33?,34-/m0/s1. The number of nitrogens with two attached hydrogens (primary N) is 1. The number of phenolic OH excluding ortho intramolecular Hbond substituents is 1. The Morgan fingerprint density at radius 1 is 1.08 bits per heavy atom. The first kappa shape index (κ1) is 36.1. The lowest BCUT2D eigenvalue weighted by Crippen LogP contribution is -2.65. The first-order valence-corrected chi connectivity index (χ1v) is 17.6. The number of aromatic hydroxyl groups is 1. The first-order chi connectivity index (χ1) is 23.0. The Bertz CT molecular complexity index is 1800. The van der Waals surface area contributed by atoms with E-state index < -0.39 is 77.2 Å². The summed E-state index contributed by atoms with van der Waals surface area (Å²) in [5.41, 5.74) is 2.99. The lowest BCUT2D eigenvalue weighted by Gasteiger charge is -2.50. The molecule has 3 aliphatic rings. The molecule has 49 heavy (non-hydrogen) atoms. The van der Waals surface area contributed by atoms with Gasteiger partial charge in [0.1, 0.15) is 22.8 Å². The van der Waals surface area contributed by atoms with Gasteiger partial charge in [0.05, 0.1) is 30.5 Å². The van der Waals surface area contributed by atoms with Gasteiger partial charge in [-0.2, -0.15) is 0 Å². The molecule has 1 amide bonds. The second-order valence-electron chi connectivity index (χ2n) is 12.8. The summed E-state index contributed by atoms with van der Waals surface area (Å²) in [4.78, 5) is 43.2. The molecule has 0 bridgehead atoms. The molecule has 14 nitrogen and oxygen atoms in total. The van der Waals surface area contributed by atoms with Gasteiger partial charge in [-0.15, -0.1) is 0 Å². The Labute approximate surface area is 284 Å². The summed E-state index contributed by atoms with van der Waals surface area (Å²) in [6.07, 6.45) is 0.0652. The Morgan fingerprint density at radius 3 is 2.22 bits per heavy atom. The highest BCUT2D eigenvalue weighted by molar-refractivity contribution is 7.54. The average molecular weight is 699 g/mol. The van der Waals surface area contributed by atoms with Crippen LogP contribution in [-0.2, 0) is 34.4 Å². The molecule has 15 heteroatoms. The molecule has 2 aromatic carbocycles. The Kier molecular flexibility index (Phi) is 9.76. The number of ketones is 2. The quantitative estimate of drug-likeness (QED) is 0.113. The number of nitrogens with zero attached hydrogens (tertiary/aromatic N) is 2. The number of fused-ring (bicyclic) bond motifs is 3. The number of aliphatic hydroxyl groups is 3. The van der Waals surface area contributed by atoms with Crippen LogP contribution in [0.4, 0.5) is 11.4 Å². The predicted molar refractivity (Wildman–Crippen MR) is 182 cm³/mol. The number of likely N-dealkylation sites (N-methyl/N-ethyl adjacent to an activating group) is 1. The van der Waals surface area contributed by atoms with Crippen molar-refractivity contribution in [3.8, 4) is 5.75 Å². The molecule has 0 heterocycles. The summed E-state index contributed by atoms with van der Waals surface area (Å²) in [7, 11) is 2.69. The summed E-state index contributed by atoms with van der Waals surface area (Å²) >= 11 is 0. The number of aliphatic hydroxyl groups excluding tert-OH is 2. The number of anilines is 2. The molecule has 0 aromatic heterocycles. The normalized spacial score (nSPS) is 24.4. The highest BCUT2D eigenvalue weighted by Crippen LogP contribution is 2.62. The summed E-state index contributed by atoms with van der Waals surface area (Å²) in [6, 6.07) is 9.18. The second kappa shape index (κ2) is 13.3. The largest absolute Gasteiger partial charge is 0.508 e. The van der Waals surface area contributed by atoms with Crippen molar-refractivity contribution in [2.24, 2.45) is 17.6 Å². The fourth-order valence-electron chi connectivity index (χ4n) is 7.47. The van der Waals surface area contributed by atoms with Gasteiger partial charge in [0.2, 0.25) is 5.78 Å². The minimum absolute atomic E-state index is 0.0380. The number of benzene rings is 2. The number of Topliss-reactive ketones (excluding diaryl/α,β-unsaturated/α-hetero) is 2. The van der Waals surface area contributed by atoms with Crippen LogP contribution in [0.2, 0.25) is 0 Å². The number of carbonyl (C=O) groups is 3. The number of nitrogens with one attached hydrogen (secondary N) is 1. The smallest absolute Gasteiger partial charge is 0.357 e. The molecule has 3 aliphatic carbocycles. The van der Waals surface area contributed by atoms with E-state index in [-0.39, 0.29) is 42.9 Å². The fraction of sp³-hybridized carbons (Fsp3) is 0.441. The van der Waals surface area contributed by atoms with Crippen molar-refractivity contribution < 1.29 is 48.4 Å². The predicted octanol–water partition coefficient (Wildman–Crippen LogP) is 3.41. The van der Waals surface area contributed by atoms with Crippen LogP contribution in [-0.4, -0.2) is 95.8 Å². The van der Waals surface area contributed by atoms with Crippen LogP contribution in [0.25, 0.3) is 5.76 Å². The SMILES string of the molecule is CCOP(=O)(OCC)C(Nc1cc(N(C)C)c2c(c1O)C(O)=C1C(=O)[C@]3(O)C(O)=C(C(N)=O)C(=O)[C@@H](N(C)C)[C@H]3C[C@@H]1C2)c1ccccc1. The summed E-state index contributed by atoms with van der Waals surface area (Å²) in [5.74, 6) is -8.57. The van der Waals surface area contributed by atoms with Gasteiger partial charge in [-0.05, 0) is 63.9 Å². The third-order valence-electron chi connectivity index (χ3n) is 9.52. The molecule has 5 rings (SSSR count). The maximum Gasteiger partial charge on any atom is 0.357 e. The number of phenols is 1. The van der Waals surface area contributed by atoms with Crippen molar-refractivity contribution in [3.05, 3.63) is 70.0 Å². The van der Waals surface area contributed by atoms with E-state index in [0.717, 1.165) is 0 Å². The van der Waals surface area contributed by atoms with E-state index in [4.69, 9.17) is 14.8 Å². The van der Waals surface area contributed by atoms with Crippen LogP contribution in [0.15, 0.2) is 53.3 Å². The summed E-state index contributed by atoms with van der Waals surface area (Å²) in [6.45, 7) is 3.50. The lowest BCUT2D eigenvalue weighted by molar-refractivity contribution is -0.153. The number of hydrogen-bond acceptors (Lipinski definition) is 13. The van der Waals surface area contributed by atoms with Gasteiger partial charge in [-0.3, -0.25) is 23.8 Å². The van der Waals surface area contributed by atoms with Crippen molar-refractivity contribution in [1.82, 2.24) is 4.90 Å². The Morgan fingerprint density at radius 2 is 1.69 bits per heavy atom. The molecule has 0 radical (unpaired) electrons. The molecule has 1 saturated carbocycles. The zero-order valence-electron chi connectivity index (χ0n) is 28.3. The van der Waals surface area contributed by atoms with Crippen molar-refractivity contribution in [2.45, 2.75) is 44.1 Å². The molecular formula is C34H43N4O10P. The maximum absolute atomic E-state index is 14.3. The zero-order valence-corrected chi connectivity index (χ0v) is 29.2. The van der Waals surface area contributed by atoms with Crippen LogP contribution in [0.5, 0.6) is 5.75 Å². The molecule has 1 fully saturated rings. The van der Waals surface area contributed by atoms with Gasteiger partial charge in [0, 0.05) is 31.3 Å². The lowest BCUT2D eigenvalue weighted by atomic mass is 9.57. The molecule has 264 valence electrons. The summed E-state index contributed by atoms with van der Waals surface area (Å²) < 4.78 is 25.6. The minimum Gasteiger partial charge on any atom is -0.508 e. The topological polar surface area (TPSA) is 212 Å². The van der Waals surface area contributed by atoms with Gasteiger partial charge in [-0.1, -0.05) is 30.3 Å². The molecule has 1 unspecified atom stereocenters. The second-order valence-corrected chi connectivity index (χ2v) is 14.9. The average Bonchev–Trinajstić information content (AvgIpc) is 3.02. The van der Waals surface area contributed by atoms with Crippen LogP contribution < -0.4 is 16.0 Å². The fourth-order valence-corrected chi connectivity index (χ4v) is 9.40. The van der Waals surface area contributed by atoms with E-state index in [1.165, 1.54) is 4.90 Å². The molecule has 0 saturated heterocycles. The van der Waals surface area contributed by atoms with Crippen molar-refractivity contribution >= 4 is 42.2 Å². The summed E-state index contributed by atoms with van der Waals surface area (Å²) in [5, 5.41) is 49.9. The van der Waals surface area contributed by atoms with E-state index >= 15 is 0 Å². The van der Waals surface area contributed by atoms with Crippen LogP contribution in [0.3, 0.4) is 0 Å². The van der Waals surface area contributed by atoms with Gasteiger partial charge >= 0.3 is 7.60 Å². The number of carbonyl (C=O) groups excluding carboxylic acids is 3. The minimum atomic E-state index is -3.92. The first-order valence-electron chi connectivity index (χ1n) is 16.0. The molecule has 0 spiro atoms. The van der Waals surface area contributed by atoms with Gasteiger partial charge in [0.15, 0.2) is 17.2 Å². The number of primary amides is 1. The van der Waals surface area contributed by atoms with Crippen molar-refractivity contribution in [3.63, 3.8) is 0 Å². The van der Waals surface area contributed by atoms with E-state index in [1.54, 1.807) is 83.3 Å². The molecule has 0 aliphatic heterocycles. The van der Waals surface area contributed by atoms with Crippen LogP contribution in [0, 0.1) is 11.8 Å². The molecule has 5 atom stereocenters. The third kappa shape index (κ3) is 5.71. The maximum atomic E-state index is 14.3. The molecular weight excluding hydrogens is 655 g/mol. The van der Waals surface area contributed by atoms with Crippen LogP contribution >= 0.6 is 7.60 Å². The van der Waals surface area contributed by atoms with Gasteiger partial charge in [-0.25, -0.2) is 0 Å². The molecule has 2 aromatic rings. The Balaban J connectivity index is 1.72. The van der Waals surface area contributed by atoms with Crippen molar-refractivity contribution in [2.75, 3.05) is 51.6 Å². The van der Waals surface area contributed by atoms with Gasteiger partial charge < -0.3 is 45.4 Å². The highest BCUT2D eigenvalue weighted by atomic mass is 31.2. The third-order valence-corrected chi connectivity index (χ3v) is 11.8. The van der Waals surface area contributed by atoms with Crippen LogP contribution in [0.1, 0.15) is 42.7 Å². The Hall–Kier alpha value is -4.20. The van der Waals surface area contributed by atoms with Crippen molar-refractivity contribution in [1.29, 1.82) is 0 Å². The number of amides is 1. The number of rotatable bonds is 11. The highest BCUT2D eigenvalue weighted by Gasteiger charge is 2.64. The van der Waals surface area contributed by atoms with E-state index in [2.05, 4.69) is 5.32 Å². The molecule has 7 N–H and O–H groups in total. The van der Waals surface area contributed by atoms with Gasteiger partial charge in [0.25, 0.3) is 5.91 Å². The zero-order chi connectivity index (χ0) is 36.2. The van der Waals surface area contributed by atoms with E-state index in [9.17, 15) is 39.4 Å². The number of hydrogen-bond donors (Lipinski definition) is 6. The van der Waals surface area contributed by atoms with E-state index in [1.807, 2.05) is 0 Å². The van der Waals surface area contributed by atoms with E-state index in [0.29, 0.717) is 16.8 Å². The monoisotopic (exact) mass is 698 g/mol.